The second-order valence-corrected chi connectivity index (χ2v) is 9.21. The largest absolute Gasteiger partial charge is 0.341 e. The number of hydrogen-bond acceptors (Lipinski definition) is 5. The average molecular weight is 420 g/mol. The van der Waals surface area contributed by atoms with Gasteiger partial charge in [0.15, 0.2) is 0 Å². The molecule has 31 heavy (non-hydrogen) atoms. The summed E-state index contributed by atoms with van der Waals surface area (Å²) in [5, 5.41) is 0. The Labute approximate surface area is 185 Å². The van der Waals surface area contributed by atoms with Crippen LogP contribution in [0.2, 0.25) is 0 Å². The van der Waals surface area contributed by atoms with E-state index in [2.05, 4.69) is 20.9 Å². The van der Waals surface area contributed by atoms with Crippen LogP contribution in [0.3, 0.4) is 0 Å². The molecule has 2 aromatic rings. The summed E-state index contributed by atoms with van der Waals surface area (Å²) >= 11 is 0. The van der Waals surface area contributed by atoms with Crippen molar-refractivity contribution in [2.45, 2.75) is 76.7 Å². The highest BCUT2D eigenvalue weighted by Gasteiger charge is 2.32. The molecule has 4 heterocycles. The van der Waals surface area contributed by atoms with Crippen molar-refractivity contribution in [2.75, 3.05) is 24.5 Å². The molecule has 6 heteroatoms. The molecular formula is C25H33N5O. The summed E-state index contributed by atoms with van der Waals surface area (Å²) in [6.45, 7) is 2.84. The van der Waals surface area contributed by atoms with Crippen molar-refractivity contribution in [3.05, 3.63) is 47.0 Å². The number of likely N-dealkylation sites (tertiary alicyclic amines) is 1. The zero-order chi connectivity index (χ0) is 21.0. The number of fused-ring (bicyclic) bond motifs is 1. The fourth-order valence-electron chi connectivity index (χ4n) is 5.38. The number of carbonyl (C=O) groups is 1. The van der Waals surface area contributed by atoms with Crippen LogP contribution in [0.15, 0.2) is 24.4 Å². The first-order chi connectivity index (χ1) is 15.3. The molecular weight excluding hydrogens is 386 g/mol. The van der Waals surface area contributed by atoms with Crippen LogP contribution in [-0.4, -0.2) is 51.4 Å². The molecule has 0 aromatic carbocycles. The summed E-state index contributed by atoms with van der Waals surface area (Å²) in [6.07, 6.45) is 13.6. The molecule has 164 valence electrons. The molecule has 2 aliphatic heterocycles. The maximum absolute atomic E-state index is 13.9. The zero-order valence-corrected chi connectivity index (χ0v) is 18.4. The van der Waals surface area contributed by atoms with Gasteiger partial charge in [0.2, 0.25) is 5.95 Å². The van der Waals surface area contributed by atoms with Gasteiger partial charge in [0.25, 0.3) is 5.91 Å². The number of aromatic nitrogens is 3. The van der Waals surface area contributed by atoms with Gasteiger partial charge in [0, 0.05) is 48.8 Å². The van der Waals surface area contributed by atoms with Crippen molar-refractivity contribution in [3.63, 3.8) is 0 Å². The third-order valence-electron chi connectivity index (χ3n) is 7.11. The van der Waals surface area contributed by atoms with Crippen LogP contribution < -0.4 is 4.90 Å². The number of hydrogen-bond donors (Lipinski definition) is 0. The normalized spacial score (nSPS) is 21.2. The van der Waals surface area contributed by atoms with Crippen LogP contribution in [0, 0.1) is 0 Å². The number of carbonyl (C=O) groups excluding carboxylic acids is 1. The van der Waals surface area contributed by atoms with Crippen molar-refractivity contribution in [2.24, 2.45) is 0 Å². The molecule has 2 saturated heterocycles. The van der Waals surface area contributed by atoms with Gasteiger partial charge in [-0.25, -0.2) is 9.97 Å². The smallest absolute Gasteiger partial charge is 0.273 e. The van der Waals surface area contributed by atoms with E-state index in [9.17, 15) is 4.79 Å². The van der Waals surface area contributed by atoms with E-state index in [1.54, 1.807) is 0 Å². The molecule has 0 N–H and O–H groups in total. The van der Waals surface area contributed by atoms with Crippen LogP contribution in [0.25, 0.3) is 0 Å². The van der Waals surface area contributed by atoms with Gasteiger partial charge in [0.1, 0.15) is 5.69 Å². The van der Waals surface area contributed by atoms with Crippen molar-refractivity contribution in [1.29, 1.82) is 0 Å². The summed E-state index contributed by atoms with van der Waals surface area (Å²) in [4.78, 5) is 32.5. The van der Waals surface area contributed by atoms with Crippen LogP contribution in [0.5, 0.6) is 0 Å². The highest BCUT2D eigenvalue weighted by molar-refractivity contribution is 5.94. The number of anilines is 1. The highest BCUT2D eigenvalue weighted by atomic mass is 16.2. The molecule has 5 rings (SSSR count). The number of pyridine rings is 1. The number of piperidine rings is 1. The molecule has 1 unspecified atom stereocenters. The molecule has 1 aliphatic carbocycles. The van der Waals surface area contributed by atoms with E-state index < -0.39 is 0 Å². The Morgan fingerprint density at radius 1 is 0.968 bits per heavy atom. The lowest BCUT2D eigenvalue weighted by molar-refractivity contribution is 0.0593. The minimum absolute atomic E-state index is 0.131. The predicted octanol–water partition coefficient (Wildman–Crippen LogP) is 3.98. The molecule has 1 atom stereocenters. The Balaban J connectivity index is 1.41. The number of rotatable bonds is 5. The molecule has 0 saturated carbocycles. The second-order valence-electron chi connectivity index (χ2n) is 9.21. The number of aryl methyl sites for hydroxylation is 2. The Hall–Kier alpha value is -2.50. The Bertz CT molecular complexity index is 910. The lowest BCUT2D eigenvalue weighted by Gasteiger charge is -2.36. The minimum Gasteiger partial charge on any atom is -0.341 e. The van der Waals surface area contributed by atoms with Gasteiger partial charge in [-0.2, -0.15) is 0 Å². The molecule has 0 radical (unpaired) electrons. The first kappa shape index (κ1) is 20.4. The molecule has 3 aliphatic rings. The first-order valence-electron chi connectivity index (χ1n) is 12.2. The average Bonchev–Trinajstić information content (AvgIpc) is 3.38. The maximum atomic E-state index is 13.9. The Kier molecular flexibility index (Phi) is 6.14. The maximum Gasteiger partial charge on any atom is 0.273 e. The molecule has 2 fully saturated rings. The number of nitrogens with zero attached hydrogens (tertiary/aromatic N) is 5. The van der Waals surface area contributed by atoms with Gasteiger partial charge in [-0.05, 0) is 82.8 Å². The highest BCUT2D eigenvalue weighted by Crippen LogP contribution is 2.29. The van der Waals surface area contributed by atoms with Crippen LogP contribution in [0.1, 0.15) is 78.8 Å². The fraction of sp³-hybridized carbons (Fsp3) is 0.600. The van der Waals surface area contributed by atoms with Crippen molar-refractivity contribution in [3.8, 4) is 0 Å². The van der Waals surface area contributed by atoms with E-state index in [0.717, 1.165) is 93.9 Å². The van der Waals surface area contributed by atoms with E-state index in [4.69, 9.17) is 9.97 Å². The van der Waals surface area contributed by atoms with Gasteiger partial charge in [-0.15, -0.1) is 0 Å². The molecule has 0 spiro atoms. The summed E-state index contributed by atoms with van der Waals surface area (Å²) in [5.74, 6) is 0.912. The van der Waals surface area contributed by atoms with Crippen molar-refractivity contribution in [1.82, 2.24) is 19.9 Å². The lowest BCUT2D eigenvalue weighted by atomic mass is 9.92. The third-order valence-corrected chi connectivity index (χ3v) is 7.11. The summed E-state index contributed by atoms with van der Waals surface area (Å²) < 4.78 is 0. The van der Waals surface area contributed by atoms with E-state index >= 15 is 0 Å². The topological polar surface area (TPSA) is 62.2 Å². The van der Waals surface area contributed by atoms with Gasteiger partial charge in [0.05, 0.1) is 0 Å². The zero-order valence-electron chi connectivity index (χ0n) is 18.4. The minimum atomic E-state index is 0.131. The molecule has 6 nitrogen and oxygen atoms in total. The van der Waals surface area contributed by atoms with Crippen molar-refractivity contribution < 1.29 is 4.79 Å². The van der Waals surface area contributed by atoms with E-state index in [0.29, 0.717) is 5.69 Å². The van der Waals surface area contributed by atoms with Gasteiger partial charge < -0.3 is 9.80 Å². The molecule has 1 amide bonds. The summed E-state index contributed by atoms with van der Waals surface area (Å²) in [5.41, 5.74) is 4.04. The van der Waals surface area contributed by atoms with Crippen molar-refractivity contribution >= 4 is 11.9 Å². The lowest BCUT2D eigenvalue weighted by Crippen LogP contribution is -2.45. The van der Waals surface area contributed by atoms with Crippen LogP contribution >= 0.6 is 0 Å². The van der Waals surface area contributed by atoms with Gasteiger partial charge >= 0.3 is 0 Å². The SMILES string of the molecule is O=C(c1nc(N2CCCC2)nc2c1CCCC2)N1CCCCC1CCc1ccccn1. The third kappa shape index (κ3) is 4.43. The molecule has 2 aromatic heterocycles. The Morgan fingerprint density at radius 2 is 1.81 bits per heavy atom. The molecule has 0 bridgehead atoms. The van der Waals surface area contributed by atoms with Gasteiger partial charge in [-0.1, -0.05) is 6.07 Å². The number of amides is 1. The van der Waals surface area contributed by atoms with E-state index in [-0.39, 0.29) is 11.9 Å². The standard InChI is InChI=1S/C25H33N5O/c31-24(30-18-6-4-10-20(30)14-13-19-9-3-5-15-26-19)23-21-11-1-2-12-22(21)27-25(28-23)29-16-7-8-17-29/h3,5,9,15,20H,1-2,4,6-8,10-14,16-18H2. The predicted molar refractivity (Wildman–Crippen MR) is 121 cm³/mol. The summed E-state index contributed by atoms with van der Waals surface area (Å²) in [6, 6.07) is 6.35. The first-order valence-corrected chi connectivity index (χ1v) is 12.2. The Morgan fingerprint density at radius 3 is 2.65 bits per heavy atom. The van der Waals surface area contributed by atoms with Crippen LogP contribution in [-0.2, 0) is 19.3 Å². The quantitative estimate of drug-likeness (QED) is 0.734. The monoisotopic (exact) mass is 419 g/mol. The van der Waals surface area contributed by atoms with Gasteiger partial charge in [-0.3, -0.25) is 9.78 Å². The summed E-state index contributed by atoms with van der Waals surface area (Å²) in [7, 11) is 0. The van der Waals surface area contributed by atoms with E-state index in [1.165, 1.54) is 19.3 Å². The van der Waals surface area contributed by atoms with Crippen LogP contribution in [0.4, 0.5) is 5.95 Å². The fourth-order valence-corrected chi connectivity index (χ4v) is 5.38. The second kappa shape index (κ2) is 9.33. The van der Waals surface area contributed by atoms with E-state index in [1.807, 2.05) is 18.3 Å².